The largest absolute Gasteiger partial charge is 0.502 e. The summed E-state index contributed by atoms with van der Waals surface area (Å²) < 4.78 is 11.8. The third-order valence-electron chi connectivity index (χ3n) is 4.85. The highest BCUT2D eigenvalue weighted by atomic mass is 32.2. The highest BCUT2D eigenvalue weighted by molar-refractivity contribution is 8.03. The number of hydrogen-bond acceptors (Lipinski definition) is 10. The van der Waals surface area contributed by atoms with Crippen LogP contribution in [0.25, 0.3) is 10.8 Å². The number of carbonyl (C=O) groups excluding carboxylic acids is 1. The smallest absolute Gasteiger partial charge is 0.250 e. The van der Waals surface area contributed by atoms with Crippen LogP contribution in [0.5, 0.6) is 17.2 Å². The second kappa shape index (κ2) is 11.9. The Morgan fingerprint density at radius 2 is 1.74 bits per heavy atom. The topological polar surface area (TPSA) is 106 Å². The molecule has 1 amide bonds. The van der Waals surface area contributed by atoms with E-state index in [1.165, 1.54) is 59.9 Å². The molecule has 8 nitrogen and oxygen atoms in total. The molecule has 180 valence electrons. The molecule has 0 unspecified atom stereocenters. The van der Waals surface area contributed by atoms with Gasteiger partial charge in [0.25, 0.3) is 5.91 Å². The third-order valence-corrected chi connectivity index (χ3v) is 8.09. The zero-order valence-corrected chi connectivity index (χ0v) is 21.4. The Labute approximate surface area is 214 Å². The number of benzene rings is 3. The van der Waals surface area contributed by atoms with E-state index < -0.39 is 0 Å². The van der Waals surface area contributed by atoms with E-state index in [1.807, 2.05) is 12.1 Å². The van der Waals surface area contributed by atoms with E-state index in [1.54, 1.807) is 23.9 Å². The highest BCUT2D eigenvalue weighted by Crippen LogP contribution is 2.36. The maximum atomic E-state index is 12.2. The van der Waals surface area contributed by atoms with Crippen molar-refractivity contribution in [1.82, 2.24) is 15.6 Å². The Kier molecular flexibility index (Phi) is 8.45. The fourth-order valence-electron chi connectivity index (χ4n) is 3.20. The molecule has 0 spiro atoms. The van der Waals surface area contributed by atoms with Gasteiger partial charge in [0.15, 0.2) is 20.2 Å². The number of hydrogen-bond donors (Lipinski definition) is 2. The molecule has 4 rings (SSSR count). The molecule has 0 saturated heterocycles. The van der Waals surface area contributed by atoms with Gasteiger partial charge in [-0.05, 0) is 28.5 Å². The number of ether oxygens (including phenoxy) is 2. The number of rotatable bonds is 10. The summed E-state index contributed by atoms with van der Waals surface area (Å²) >= 11 is 4.40. The number of amides is 1. The fourth-order valence-corrected chi connectivity index (χ4v) is 6.01. The first-order valence-electron chi connectivity index (χ1n) is 10.4. The maximum Gasteiger partial charge on any atom is 0.250 e. The molecular weight excluding hydrogens is 504 g/mol. The third kappa shape index (κ3) is 6.44. The lowest BCUT2D eigenvalue weighted by Crippen LogP contribution is -2.19. The van der Waals surface area contributed by atoms with Crippen LogP contribution in [0.2, 0.25) is 0 Å². The minimum absolute atomic E-state index is 0.0979. The van der Waals surface area contributed by atoms with Crippen molar-refractivity contribution in [3.05, 3.63) is 65.7 Å². The number of carbonyl (C=O) groups is 1. The van der Waals surface area contributed by atoms with Gasteiger partial charge < -0.3 is 14.6 Å². The van der Waals surface area contributed by atoms with Crippen LogP contribution >= 0.6 is 34.9 Å². The number of aromatic nitrogens is 2. The lowest BCUT2D eigenvalue weighted by Gasteiger charge is -2.09. The highest BCUT2D eigenvalue weighted by Gasteiger charge is 2.11. The first-order valence-corrected chi connectivity index (χ1v) is 13.2. The number of phenols is 1. The van der Waals surface area contributed by atoms with Gasteiger partial charge in [0, 0.05) is 11.3 Å². The average molecular weight is 527 g/mol. The van der Waals surface area contributed by atoms with Crippen LogP contribution in [0.15, 0.2) is 68.4 Å². The summed E-state index contributed by atoms with van der Waals surface area (Å²) in [5, 5.41) is 24.8. The van der Waals surface area contributed by atoms with Gasteiger partial charge in [0.2, 0.25) is 5.75 Å². The molecule has 35 heavy (non-hydrogen) atoms. The van der Waals surface area contributed by atoms with Crippen molar-refractivity contribution in [3.63, 3.8) is 0 Å². The van der Waals surface area contributed by atoms with E-state index in [4.69, 9.17) is 9.47 Å². The van der Waals surface area contributed by atoms with Crippen molar-refractivity contribution in [1.29, 1.82) is 0 Å². The lowest BCUT2D eigenvalue weighted by atomic mass is 10.1. The van der Waals surface area contributed by atoms with Crippen molar-refractivity contribution in [2.75, 3.05) is 20.0 Å². The number of thioether (sulfide) groups is 2. The zero-order chi connectivity index (χ0) is 24.6. The molecule has 0 aliphatic rings. The summed E-state index contributed by atoms with van der Waals surface area (Å²) in [6, 6.07) is 17.8. The summed E-state index contributed by atoms with van der Waals surface area (Å²) in [6.45, 7) is 0. The van der Waals surface area contributed by atoms with Gasteiger partial charge in [-0.15, -0.1) is 10.2 Å². The van der Waals surface area contributed by atoms with Gasteiger partial charge in [-0.2, -0.15) is 5.10 Å². The zero-order valence-electron chi connectivity index (χ0n) is 18.9. The van der Waals surface area contributed by atoms with E-state index in [0.717, 1.165) is 14.4 Å². The van der Waals surface area contributed by atoms with Crippen molar-refractivity contribution >= 4 is 57.8 Å². The first kappa shape index (κ1) is 24.8. The monoisotopic (exact) mass is 526 g/mol. The number of fused-ring (bicyclic) bond motifs is 1. The standard InChI is InChI=1S/C24H22N4O4S3/c1-31-19-10-15(11-20(32-2)22(19)30)12-25-26-21(29)14-34-24-28-27-23(35-24)33-13-17-8-5-7-16-6-3-4-9-18(16)17/h3-12,30H,13-14H2,1-2H3,(H,26,29). The molecule has 3 aromatic carbocycles. The predicted octanol–water partition coefficient (Wildman–Crippen LogP) is 4.95. The fraction of sp³-hybridized carbons (Fsp3) is 0.167. The van der Waals surface area contributed by atoms with E-state index >= 15 is 0 Å². The number of nitrogens with zero attached hydrogens (tertiary/aromatic N) is 3. The van der Waals surface area contributed by atoms with E-state index in [9.17, 15) is 9.90 Å². The summed E-state index contributed by atoms with van der Waals surface area (Å²) in [5.41, 5.74) is 4.33. The molecule has 1 aromatic heterocycles. The molecule has 0 aliphatic carbocycles. The normalized spacial score (nSPS) is 11.1. The predicted molar refractivity (Wildman–Crippen MR) is 141 cm³/mol. The number of hydrazone groups is 1. The SMILES string of the molecule is COc1cc(C=NNC(=O)CSc2nnc(SCc3cccc4ccccc34)s2)cc(OC)c1O. The molecule has 0 atom stereocenters. The molecule has 2 N–H and O–H groups in total. The second-order valence-corrected chi connectivity index (χ2v) is 10.5. The van der Waals surface area contributed by atoms with Crippen molar-refractivity contribution in [2.24, 2.45) is 5.10 Å². The van der Waals surface area contributed by atoms with Crippen LogP contribution in [0.3, 0.4) is 0 Å². The lowest BCUT2D eigenvalue weighted by molar-refractivity contribution is -0.118. The number of aromatic hydroxyl groups is 1. The minimum Gasteiger partial charge on any atom is -0.502 e. The van der Waals surface area contributed by atoms with Crippen molar-refractivity contribution < 1.29 is 19.4 Å². The maximum absolute atomic E-state index is 12.2. The summed E-state index contributed by atoms with van der Waals surface area (Å²) in [4.78, 5) is 12.2. The number of phenolic OH excluding ortho intramolecular Hbond substituents is 1. The van der Waals surface area contributed by atoms with Crippen LogP contribution in [-0.2, 0) is 10.5 Å². The van der Waals surface area contributed by atoms with Gasteiger partial charge in [-0.3, -0.25) is 4.79 Å². The van der Waals surface area contributed by atoms with Gasteiger partial charge in [0.1, 0.15) is 0 Å². The van der Waals surface area contributed by atoms with Crippen LogP contribution in [0.4, 0.5) is 0 Å². The van der Waals surface area contributed by atoms with Gasteiger partial charge >= 0.3 is 0 Å². The van der Waals surface area contributed by atoms with E-state index in [2.05, 4.69) is 51.1 Å². The second-order valence-electron chi connectivity index (χ2n) is 7.12. The molecule has 1 heterocycles. The van der Waals surface area contributed by atoms with Gasteiger partial charge in [-0.1, -0.05) is 77.3 Å². The molecular formula is C24H22N4O4S3. The molecule has 11 heteroatoms. The van der Waals surface area contributed by atoms with Crippen LogP contribution in [0.1, 0.15) is 11.1 Å². The number of methoxy groups -OCH3 is 2. The molecule has 0 aliphatic heterocycles. The minimum atomic E-state index is -0.274. The van der Waals surface area contributed by atoms with Crippen molar-refractivity contribution in [2.45, 2.75) is 14.4 Å². The number of nitrogens with one attached hydrogen (secondary N) is 1. The quantitative estimate of drug-likeness (QED) is 0.170. The molecule has 0 saturated carbocycles. The van der Waals surface area contributed by atoms with Crippen molar-refractivity contribution in [3.8, 4) is 17.2 Å². The Morgan fingerprint density at radius 3 is 2.49 bits per heavy atom. The van der Waals surface area contributed by atoms with Crippen LogP contribution in [0, 0.1) is 0 Å². The van der Waals surface area contributed by atoms with Gasteiger partial charge in [-0.25, -0.2) is 5.43 Å². The van der Waals surface area contributed by atoms with Crippen LogP contribution in [-0.4, -0.2) is 47.4 Å². The van der Waals surface area contributed by atoms with Crippen LogP contribution < -0.4 is 14.9 Å². The molecule has 0 radical (unpaired) electrons. The Hall–Kier alpha value is -3.28. The average Bonchev–Trinajstić information content (AvgIpc) is 3.34. The molecule has 0 bridgehead atoms. The Balaban J connectivity index is 1.27. The Morgan fingerprint density at radius 1 is 1.06 bits per heavy atom. The van der Waals surface area contributed by atoms with E-state index in [-0.39, 0.29) is 28.9 Å². The van der Waals surface area contributed by atoms with Gasteiger partial charge in [0.05, 0.1) is 26.2 Å². The summed E-state index contributed by atoms with van der Waals surface area (Å²) in [7, 11) is 2.88. The first-order chi connectivity index (χ1) is 17.1. The Bertz CT molecular complexity index is 1330. The van der Waals surface area contributed by atoms with E-state index in [0.29, 0.717) is 5.56 Å². The molecule has 4 aromatic rings. The summed E-state index contributed by atoms with van der Waals surface area (Å²) in [6.07, 6.45) is 1.44. The molecule has 0 fully saturated rings. The summed E-state index contributed by atoms with van der Waals surface area (Å²) in [5.74, 6) is 1.07.